The molecule has 0 saturated carbocycles. The maximum atomic E-state index is 5.48. The van der Waals surface area contributed by atoms with Gasteiger partial charge in [-0.3, -0.25) is 0 Å². The monoisotopic (exact) mass is 299 g/mol. The third-order valence-corrected chi connectivity index (χ3v) is 3.49. The lowest BCUT2D eigenvalue weighted by Gasteiger charge is -2.07. The summed E-state index contributed by atoms with van der Waals surface area (Å²) in [6.45, 7) is 7.77. The van der Waals surface area contributed by atoms with E-state index in [0.717, 1.165) is 32.7 Å². The Hall–Kier alpha value is -0.380. The van der Waals surface area contributed by atoms with Crippen molar-refractivity contribution in [3.8, 4) is 0 Å². The second-order valence-electron chi connectivity index (χ2n) is 4.23. The lowest BCUT2D eigenvalue weighted by Crippen LogP contribution is -2.19. The molecule has 0 fully saturated rings. The van der Waals surface area contributed by atoms with Gasteiger partial charge in [0.2, 0.25) is 0 Å². The molecule has 0 aromatic heterocycles. The van der Waals surface area contributed by atoms with Gasteiger partial charge in [0, 0.05) is 24.2 Å². The van der Waals surface area contributed by atoms with E-state index >= 15 is 0 Å². The van der Waals surface area contributed by atoms with Gasteiger partial charge in [-0.2, -0.15) is 0 Å². The molecule has 96 valence electrons. The highest BCUT2D eigenvalue weighted by Gasteiger charge is 1.97. The molecule has 0 atom stereocenters. The number of halogens is 1. The van der Waals surface area contributed by atoms with Crippen LogP contribution >= 0.6 is 15.9 Å². The number of rotatable bonds is 8. The van der Waals surface area contributed by atoms with Crippen molar-refractivity contribution in [2.24, 2.45) is 0 Å². The summed E-state index contributed by atoms with van der Waals surface area (Å²) in [5.74, 6) is 0. The maximum absolute atomic E-state index is 5.48. The Labute approximate surface area is 113 Å². The first-order valence-corrected chi connectivity index (χ1v) is 7.07. The van der Waals surface area contributed by atoms with Gasteiger partial charge in [-0.05, 0) is 30.5 Å². The molecule has 17 heavy (non-hydrogen) atoms. The summed E-state index contributed by atoms with van der Waals surface area (Å²) in [5.41, 5.74) is 2.58. The second kappa shape index (κ2) is 8.67. The number of unbranched alkanes of at least 4 members (excludes halogenated alkanes) is 1. The molecule has 0 bridgehead atoms. The molecule has 1 aromatic rings. The van der Waals surface area contributed by atoms with Crippen LogP contribution in [0.1, 0.15) is 30.9 Å². The van der Waals surface area contributed by atoms with Crippen molar-refractivity contribution in [2.45, 2.75) is 33.2 Å². The Morgan fingerprint density at radius 3 is 2.82 bits per heavy atom. The minimum atomic E-state index is 0.799. The van der Waals surface area contributed by atoms with Crippen LogP contribution in [0.4, 0.5) is 0 Å². The van der Waals surface area contributed by atoms with Crippen molar-refractivity contribution < 1.29 is 4.74 Å². The topological polar surface area (TPSA) is 21.3 Å². The van der Waals surface area contributed by atoms with E-state index in [9.17, 15) is 0 Å². The number of ether oxygens (including phenoxy) is 1. The molecule has 0 aliphatic heterocycles. The fourth-order valence-electron chi connectivity index (χ4n) is 1.47. The van der Waals surface area contributed by atoms with Crippen LogP contribution in [0.2, 0.25) is 0 Å². The summed E-state index contributed by atoms with van der Waals surface area (Å²) in [7, 11) is 0. The van der Waals surface area contributed by atoms with Crippen LogP contribution in [0.5, 0.6) is 0 Å². The predicted octanol–water partition coefficient (Wildman–Crippen LogP) is 3.66. The van der Waals surface area contributed by atoms with Crippen LogP contribution < -0.4 is 5.32 Å². The van der Waals surface area contributed by atoms with Crippen molar-refractivity contribution in [3.63, 3.8) is 0 Å². The molecule has 1 rings (SSSR count). The van der Waals surface area contributed by atoms with Crippen LogP contribution in [0.3, 0.4) is 0 Å². The van der Waals surface area contributed by atoms with Crippen molar-refractivity contribution in [1.82, 2.24) is 5.32 Å². The first-order valence-electron chi connectivity index (χ1n) is 6.27. The SMILES string of the molecule is CCCCOCCNCc1ccc(C)c(Br)c1. The molecule has 0 saturated heterocycles. The Kier molecular flexibility index (Phi) is 7.49. The minimum absolute atomic E-state index is 0.799. The van der Waals surface area contributed by atoms with Gasteiger partial charge in [0.1, 0.15) is 0 Å². The van der Waals surface area contributed by atoms with Crippen molar-refractivity contribution in [1.29, 1.82) is 0 Å². The number of benzene rings is 1. The Morgan fingerprint density at radius 2 is 2.12 bits per heavy atom. The van der Waals surface area contributed by atoms with Crippen molar-refractivity contribution in [3.05, 3.63) is 33.8 Å². The molecule has 1 N–H and O–H groups in total. The van der Waals surface area contributed by atoms with Crippen LogP contribution in [0.25, 0.3) is 0 Å². The molecule has 0 aliphatic carbocycles. The number of hydrogen-bond donors (Lipinski definition) is 1. The van der Waals surface area contributed by atoms with E-state index in [1.54, 1.807) is 0 Å². The Balaban J connectivity index is 2.11. The summed E-state index contributed by atoms with van der Waals surface area (Å²) in [6, 6.07) is 6.46. The largest absolute Gasteiger partial charge is 0.380 e. The molecule has 1 aromatic carbocycles. The third-order valence-electron chi connectivity index (χ3n) is 2.63. The molecule has 2 nitrogen and oxygen atoms in total. The fraction of sp³-hybridized carbons (Fsp3) is 0.571. The minimum Gasteiger partial charge on any atom is -0.380 e. The van der Waals surface area contributed by atoms with Gasteiger partial charge < -0.3 is 10.1 Å². The highest BCUT2D eigenvalue weighted by atomic mass is 79.9. The fourth-order valence-corrected chi connectivity index (χ4v) is 1.90. The van der Waals surface area contributed by atoms with Gasteiger partial charge >= 0.3 is 0 Å². The van der Waals surface area contributed by atoms with E-state index < -0.39 is 0 Å². The summed E-state index contributed by atoms with van der Waals surface area (Å²) in [5, 5.41) is 3.38. The molecule has 0 aliphatic rings. The summed E-state index contributed by atoms with van der Waals surface area (Å²) < 4.78 is 6.66. The first-order chi connectivity index (χ1) is 8.24. The van der Waals surface area contributed by atoms with E-state index in [1.165, 1.54) is 22.0 Å². The Bertz CT molecular complexity index is 328. The van der Waals surface area contributed by atoms with Gasteiger partial charge in [0.05, 0.1) is 6.61 Å². The second-order valence-corrected chi connectivity index (χ2v) is 5.08. The van der Waals surface area contributed by atoms with Crippen LogP contribution in [-0.2, 0) is 11.3 Å². The summed E-state index contributed by atoms with van der Waals surface area (Å²) in [4.78, 5) is 0. The smallest absolute Gasteiger partial charge is 0.0591 e. The molecule has 0 amide bonds. The van der Waals surface area contributed by atoms with E-state index in [-0.39, 0.29) is 0 Å². The average Bonchev–Trinajstić information content (AvgIpc) is 2.32. The molecule has 0 unspecified atom stereocenters. The highest BCUT2D eigenvalue weighted by molar-refractivity contribution is 9.10. The third kappa shape index (κ3) is 6.20. The van der Waals surface area contributed by atoms with Gasteiger partial charge in [0.15, 0.2) is 0 Å². The number of nitrogens with one attached hydrogen (secondary N) is 1. The molecule has 0 spiro atoms. The predicted molar refractivity (Wildman–Crippen MR) is 76.3 cm³/mol. The van der Waals surface area contributed by atoms with Crippen LogP contribution in [0, 0.1) is 6.92 Å². The maximum Gasteiger partial charge on any atom is 0.0591 e. The molecular weight excluding hydrogens is 278 g/mol. The number of aryl methyl sites for hydroxylation is 1. The highest BCUT2D eigenvalue weighted by Crippen LogP contribution is 2.17. The molecule has 0 heterocycles. The lowest BCUT2D eigenvalue weighted by molar-refractivity contribution is 0.133. The number of hydrogen-bond acceptors (Lipinski definition) is 2. The Morgan fingerprint density at radius 1 is 1.29 bits per heavy atom. The van der Waals surface area contributed by atoms with Crippen LogP contribution in [-0.4, -0.2) is 19.8 Å². The quantitative estimate of drug-likeness (QED) is 0.740. The molecule has 3 heteroatoms. The van der Waals surface area contributed by atoms with Crippen molar-refractivity contribution in [2.75, 3.05) is 19.8 Å². The van der Waals surface area contributed by atoms with Gasteiger partial charge in [-0.15, -0.1) is 0 Å². The standard InChI is InChI=1S/C14H22BrNO/c1-3-4-8-17-9-7-16-11-13-6-5-12(2)14(15)10-13/h5-6,10,16H,3-4,7-9,11H2,1-2H3. The normalized spacial score (nSPS) is 10.8. The van der Waals surface area contributed by atoms with Gasteiger partial charge in [-0.25, -0.2) is 0 Å². The zero-order chi connectivity index (χ0) is 12.5. The molecule has 0 radical (unpaired) electrons. The van der Waals surface area contributed by atoms with Crippen LogP contribution in [0.15, 0.2) is 22.7 Å². The average molecular weight is 300 g/mol. The zero-order valence-electron chi connectivity index (χ0n) is 10.8. The lowest BCUT2D eigenvalue weighted by atomic mass is 10.1. The van der Waals surface area contributed by atoms with Gasteiger partial charge in [0.25, 0.3) is 0 Å². The van der Waals surface area contributed by atoms with Gasteiger partial charge in [-0.1, -0.05) is 41.4 Å². The molecular formula is C14H22BrNO. The van der Waals surface area contributed by atoms with E-state index in [0.29, 0.717) is 0 Å². The first kappa shape index (κ1) is 14.7. The van der Waals surface area contributed by atoms with E-state index in [1.807, 2.05) is 0 Å². The van der Waals surface area contributed by atoms with Crippen molar-refractivity contribution >= 4 is 15.9 Å². The van der Waals surface area contributed by atoms with E-state index in [2.05, 4.69) is 53.3 Å². The summed E-state index contributed by atoms with van der Waals surface area (Å²) >= 11 is 3.54. The zero-order valence-corrected chi connectivity index (χ0v) is 12.3. The van der Waals surface area contributed by atoms with E-state index in [4.69, 9.17) is 4.74 Å². The summed E-state index contributed by atoms with van der Waals surface area (Å²) in [6.07, 6.45) is 2.36.